The normalized spacial score (nSPS) is 5.83. The van der Waals surface area contributed by atoms with E-state index in [0.717, 1.165) is 0 Å². The van der Waals surface area contributed by atoms with Gasteiger partial charge in [-0.1, -0.05) is 13.8 Å². The van der Waals surface area contributed by atoms with Crippen LogP contribution in [0, 0.1) is 6.08 Å². The Bertz CT molecular complexity index is 41.9. The van der Waals surface area contributed by atoms with Crippen LogP contribution in [0.4, 0.5) is 0 Å². The molecule has 36 valence electrons. The number of hydrogen-bond acceptors (Lipinski definition) is 0. The van der Waals surface area contributed by atoms with Crippen molar-refractivity contribution in [3.05, 3.63) is 11.6 Å². The first-order valence-corrected chi connectivity index (χ1v) is 1.75. The van der Waals surface area contributed by atoms with Crippen molar-refractivity contribution in [1.29, 1.82) is 0 Å². The fourth-order valence-electron chi connectivity index (χ4n) is 0. The third kappa shape index (κ3) is 8.83. The summed E-state index contributed by atoms with van der Waals surface area (Å²) in [5.74, 6) is 0. The van der Waals surface area contributed by atoms with Crippen molar-refractivity contribution in [2.75, 3.05) is 0 Å². The molecule has 0 atom stereocenters. The van der Waals surface area contributed by atoms with Crippen LogP contribution in [0.15, 0.2) is 5.57 Å². The minimum atomic E-state index is 0. The molecule has 6 heavy (non-hydrogen) atoms. The summed E-state index contributed by atoms with van der Waals surface area (Å²) in [6, 6.07) is 0. The molecule has 0 aliphatic carbocycles. The smallest absolute Gasteiger partial charge is 0 e. The molecular formula is C5H9W-. The number of allylic oxidation sites excluding steroid dienone is 2. The minimum Gasteiger partial charge on any atom is -0.501 e. The van der Waals surface area contributed by atoms with Gasteiger partial charge in [0.25, 0.3) is 0 Å². The van der Waals surface area contributed by atoms with Crippen molar-refractivity contribution in [2.45, 2.75) is 20.8 Å². The maximum atomic E-state index is 2.94. The summed E-state index contributed by atoms with van der Waals surface area (Å²) >= 11 is 0. The van der Waals surface area contributed by atoms with Crippen molar-refractivity contribution < 1.29 is 21.1 Å². The fraction of sp³-hybridized carbons (Fsp3) is 0.600. The molecule has 0 amide bonds. The average molecular weight is 253 g/mol. The van der Waals surface area contributed by atoms with Gasteiger partial charge in [-0.2, -0.15) is 6.92 Å². The van der Waals surface area contributed by atoms with Gasteiger partial charge in [0.05, 0.1) is 0 Å². The van der Waals surface area contributed by atoms with Crippen LogP contribution in [-0.4, -0.2) is 0 Å². The number of hydrogen-bond donors (Lipinski definition) is 0. The predicted octanol–water partition coefficient (Wildman–Crippen LogP) is 1.77. The largest absolute Gasteiger partial charge is 0.501 e. The molecule has 0 aromatic rings. The van der Waals surface area contributed by atoms with Crippen LogP contribution in [0.5, 0.6) is 0 Å². The van der Waals surface area contributed by atoms with Gasteiger partial charge in [0.1, 0.15) is 0 Å². The second kappa shape index (κ2) is 5.43. The Kier molecular flexibility index (Phi) is 8.74. The molecule has 0 saturated heterocycles. The first-order valence-electron chi connectivity index (χ1n) is 1.75. The summed E-state index contributed by atoms with van der Waals surface area (Å²) in [6.45, 7) is 5.97. The van der Waals surface area contributed by atoms with E-state index in [4.69, 9.17) is 0 Å². The standard InChI is InChI=1S/C5H9.W/c1-4-5(2)3;/h1-3H3;/q-1;. The molecule has 1 heteroatoms. The maximum absolute atomic E-state index is 2.94. The minimum absolute atomic E-state index is 0. The van der Waals surface area contributed by atoms with Gasteiger partial charge < -0.3 is 6.08 Å². The number of rotatable bonds is 0. The van der Waals surface area contributed by atoms with E-state index in [2.05, 4.69) is 6.08 Å². The van der Waals surface area contributed by atoms with Crippen molar-refractivity contribution in [2.24, 2.45) is 0 Å². The van der Waals surface area contributed by atoms with Gasteiger partial charge in [0.15, 0.2) is 0 Å². The van der Waals surface area contributed by atoms with E-state index in [1.165, 1.54) is 5.57 Å². The quantitative estimate of drug-likeness (QED) is 0.577. The predicted molar refractivity (Wildman–Crippen MR) is 23.8 cm³/mol. The molecule has 0 radical (unpaired) electrons. The van der Waals surface area contributed by atoms with Crippen LogP contribution in [0.3, 0.4) is 0 Å². The Hall–Kier alpha value is 0.428. The monoisotopic (exact) mass is 253 g/mol. The first kappa shape index (κ1) is 9.66. The Morgan fingerprint density at radius 2 is 1.50 bits per heavy atom. The van der Waals surface area contributed by atoms with Crippen LogP contribution in [0.25, 0.3) is 0 Å². The van der Waals surface area contributed by atoms with Gasteiger partial charge in [-0.3, -0.25) is 5.57 Å². The maximum Gasteiger partial charge on any atom is 0 e. The van der Waals surface area contributed by atoms with Crippen LogP contribution in [0.2, 0.25) is 0 Å². The zero-order chi connectivity index (χ0) is 4.28. The van der Waals surface area contributed by atoms with Gasteiger partial charge in [-0.25, -0.2) is 0 Å². The molecule has 0 rings (SSSR count). The van der Waals surface area contributed by atoms with Gasteiger partial charge in [-0.05, 0) is 0 Å². The average Bonchev–Trinajstić information content (AvgIpc) is 1.38. The summed E-state index contributed by atoms with van der Waals surface area (Å²) in [4.78, 5) is 0. The molecule has 0 bridgehead atoms. The molecule has 0 nitrogen and oxygen atoms in total. The first-order chi connectivity index (χ1) is 2.27. The third-order valence-corrected chi connectivity index (χ3v) is 0.500. The SMILES string of the molecule is C[C-]=C(C)C.[W]. The topological polar surface area (TPSA) is 0 Å². The van der Waals surface area contributed by atoms with Crippen LogP contribution < -0.4 is 0 Å². The van der Waals surface area contributed by atoms with E-state index in [9.17, 15) is 0 Å². The molecule has 0 aromatic heterocycles. The molecule has 0 aromatic carbocycles. The Morgan fingerprint density at radius 1 is 1.33 bits per heavy atom. The van der Waals surface area contributed by atoms with E-state index >= 15 is 0 Å². The van der Waals surface area contributed by atoms with Crippen molar-refractivity contribution in [3.8, 4) is 0 Å². The van der Waals surface area contributed by atoms with Crippen molar-refractivity contribution >= 4 is 0 Å². The van der Waals surface area contributed by atoms with Crippen molar-refractivity contribution in [1.82, 2.24) is 0 Å². The molecule has 0 fully saturated rings. The fourth-order valence-corrected chi connectivity index (χ4v) is 0. The molecule has 0 aliphatic rings. The molecule has 0 unspecified atom stereocenters. The van der Waals surface area contributed by atoms with E-state index in [1.54, 1.807) is 0 Å². The summed E-state index contributed by atoms with van der Waals surface area (Å²) in [6.07, 6.45) is 2.94. The van der Waals surface area contributed by atoms with E-state index in [1.807, 2.05) is 20.8 Å². The molecular weight excluding hydrogens is 244 g/mol. The summed E-state index contributed by atoms with van der Waals surface area (Å²) < 4.78 is 0. The summed E-state index contributed by atoms with van der Waals surface area (Å²) in [5, 5.41) is 0. The van der Waals surface area contributed by atoms with Crippen LogP contribution >= 0.6 is 0 Å². The van der Waals surface area contributed by atoms with Gasteiger partial charge in [0, 0.05) is 21.1 Å². The van der Waals surface area contributed by atoms with Crippen LogP contribution in [0.1, 0.15) is 20.8 Å². The zero-order valence-corrected chi connectivity index (χ0v) is 7.34. The molecule has 0 saturated carbocycles. The molecule has 0 spiro atoms. The summed E-state index contributed by atoms with van der Waals surface area (Å²) in [5.41, 5.74) is 1.25. The van der Waals surface area contributed by atoms with Gasteiger partial charge >= 0.3 is 0 Å². The van der Waals surface area contributed by atoms with Crippen LogP contribution in [-0.2, 0) is 21.1 Å². The molecule has 0 aliphatic heterocycles. The van der Waals surface area contributed by atoms with Crippen molar-refractivity contribution in [3.63, 3.8) is 0 Å². The van der Waals surface area contributed by atoms with Gasteiger partial charge in [0.2, 0.25) is 0 Å². The third-order valence-electron chi connectivity index (χ3n) is 0.500. The summed E-state index contributed by atoms with van der Waals surface area (Å²) in [7, 11) is 0. The Morgan fingerprint density at radius 3 is 1.50 bits per heavy atom. The Labute approximate surface area is 53.9 Å². The van der Waals surface area contributed by atoms with E-state index in [0.29, 0.717) is 0 Å². The van der Waals surface area contributed by atoms with E-state index in [-0.39, 0.29) is 21.1 Å². The van der Waals surface area contributed by atoms with Gasteiger partial charge in [-0.15, -0.1) is 0 Å². The zero-order valence-electron chi connectivity index (χ0n) is 4.41. The second-order valence-corrected chi connectivity index (χ2v) is 1.25. The van der Waals surface area contributed by atoms with E-state index < -0.39 is 0 Å². The molecule has 0 heterocycles. The second-order valence-electron chi connectivity index (χ2n) is 1.25. The Balaban J connectivity index is 0. The molecule has 0 N–H and O–H groups in total.